The fourth-order valence-electron chi connectivity index (χ4n) is 0.961. The molecule has 0 aliphatic heterocycles. The molecule has 5 nitrogen and oxygen atoms in total. The minimum absolute atomic E-state index is 0.216. The number of nitrogens with zero attached hydrogens (tertiary/aromatic N) is 2. The van der Waals surface area contributed by atoms with E-state index in [1.165, 1.54) is 0 Å². The van der Waals surface area contributed by atoms with Crippen LogP contribution in [0.5, 0.6) is 5.75 Å². The third kappa shape index (κ3) is 2.86. The molecule has 1 heterocycles. The zero-order chi connectivity index (χ0) is 11.6. The number of hydrogen-bond acceptors (Lipinski definition) is 4. The van der Waals surface area contributed by atoms with Crippen molar-refractivity contribution in [1.82, 2.24) is 9.78 Å². The molecule has 84 valence electrons. The van der Waals surface area contributed by atoms with Crippen LogP contribution in [0.15, 0.2) is 6.20 Å². The average Bonchev–Trinajstić information content (AvgIpc) is 2.45. The van der Waals surface area contributed by atoms with Gasteiger partial charge in [0, 0.05) is 6.54 Å². The van der Waals surface area contributed by atoms with E-state index in [9.17, 15) is 13.2 Å². The highest BCUT2D eigenvalue weighted by Crippen LogP contribution is 2.34. The molecule has 15 heavy (non-hydrogen) atoms. The summed E-state index contributed by atoms with van der Waals surface area (Å²) in [5, 5.41) is 20.0. The van der Waals surface area contributed by atoms with Gasteiger partial charge in [-0.1, -0.05) is 0 Å². The first-order chi connectivity index (χ1) is 6.84. The molecule has 0 atom stereocenters. The predicted molar refractivity (Wildman–Crippen MR) is 43.7 cm³/mol. The number of rotatable bonds is 3. The van der Waals surface area contributed by atoms with Gasteiger partial charge in [0.05, 0.1) is 6.20 Å². The Morgan fingerprint density at radius 3 is 2.53 bits per heavy atom. The third-order valence-corrected chi connectivity index (χ3v) is 1.55. The van der Waals surface area contributed by atoms with Crippen LogP contribution >= 0.6 is 0 Å². The lowest BCUT2D eigenvalue weighted by molar-refractivity contribution is -0.142. The Morgan fingerprint density at radius 2 is 2.13 bits per heavy atom. The van der Waals surface area contributed by atoms with Crippen molar-refractivity contribution in [3.63, 3.8) is 0 Å². The third-order valence-electron chi connectivity index (χ3n) is 1.55. The predicted octanol–water partition coefficient (Wildman–Crippen LogP) is 0.270. The fourth-order valence-corrected chi connectivity index (χ4v) is 0.961. The quantitative estimate of drug-likeness (QED) is 0.723. The van der Waals surface area contributed by atoms with E-state index >= 15 is 0 Å². The average molecular weight is 224 g/mol. The molecular formula is C6H8BF3N2O3. The minimum Gasteiger partial charge on any atom is -0.509 e. The van der Waals surface area contributed by atoms with Crippen molar-refractivity contribution in [3.8, 4) is 5.75 Å². The zero-order valence-corrected chi connectivity index (χ0v) is 7.69. The van der Waals surface area contributed by atoms with Gasteiger partial charge < -0.3 is 14.7 Å². The van der Waals surface area contributed by atoms with Gasteiger partial charge in [0.1, 0.15) is 0 Å². The van der Waals surface area contributed by atoms with Crippen LogP contribution in [-0.4, -0.2) is 27.1 Å². The minimum atomic E-state index is -4.69. The topological polar surface area (TPSA) is 67.5 Å². The number of hydrogen-bond donors (Lipinski definition) is 2. The van der Waals surface area contributed by atoms with Crippen molar-refractivity contribution in [3.05, 3.63) is 11.9 Å². The molecule has 2 N–H and O–H groups in total. The monoisotopic (exact) mass is 224 g/mol. The number of aromatic nitrogens is 2. The number of halogens is 3. The molecule has 0 aromatic carbocycles. The van der Waals surface area contributed by atoms with Gasteiger partial charge in [0.2, 0.25) is 5.69 Å². The highest BCUT2D eigenvalue weighted by atomic mass is 19.4. The van der Waals surface area contributed by atoms with Crippen molar-refractivity contribution < 1.29 is 27.9 Å². The van der Waals surface area contributed by atoms with Crippen LogP contribution in [0.1, 0.15) is 12.6 Å². The van der Waals surface area contributed by atoms with E-state index in [0.29, 0.717) is 0 Å². The highest BCUT2D eigenvalue weighted by molar-refractivity contribution is 6.33. The molecule has 0 unspecified atom stereocenters. The van der Waals surface area contributed by atoms with E-state index in [-0.39, 0.29) is 6.54 Å². The first-order valence-corrected chi connectivity index (χ1v) is 4.02. The largest absolute Gasteiger partial charge is 0.707 e. The summed E-state index contributed by atoms with van der Waals surface area (Å²) in [6.07, 6.45) is -3.74. The second-order valence-electron chi connectivity index (χ2n) is 2.64. The van der Waals surface area contributed by atoms with Crippen molar-refractivity contribution in [2.45, 2.75) is 19.6 Å². The summed E-state index contributed by atoms with van der Waals surface area (Å²) in [4.78, 5) is 0. The van der Waals surface area contributed by atoms with Crippen LogP contribution in [0.25, 0.3) is 0 Å². The van der Waals surface area contributed by atoms with Crippen molar-refractivity contribution in [1.29, 1.82) is 0 Å². The molecule has 0 saturated carbocycles. The lowest BCUT2D eigenvalue weighted by Gasteiger charge is -2.06. The van der Waals surface area contributed by atoms with E-state index in [0.717, 1.165) is 10.9 Å². The lowest BCUT2D eigenvalue weighted by atomic mass is 10.2. The van der Waals surface area contributed by atoms with Gasteiger partial charge in [-0.3, -0.25) is 4.68 Å². The summed E-state index contributed by atoms with van der Waals surface area (Å²) in [5.41, 5.74) is -1.28. The van der Waals surface area contributed by atoms with Crippen molar-refractivity contribution in [2.24, 2.45) is 0 Å². The summed E-state index contributed by atoms with van der Waals surface area (Å²) in [7, 11) is -2.30. The number of aryl methyl sites for hydroxylation is 1. The summed E-state index contributed by atoms with van der Waals surface area (Å²) in [6.45, 7) is 1.81. The Balaban J connectivity index is 3.06. The van der Waals surface area contributed by atoms with Crippen LogP contribution in [0.2, 0.25) is 0 Å². The first-order valence-electron chi connectivity index (χ1n) is 4.02. The van der Waals surface area contributed by atoms with Crippen LogP contribution in [0.3, 0.4) is 0 Å². The van der Waals surface area contributed by atoms with Crippen molar-refractivity contribution >= 4 is 7.32 Å². The summed E-state index contributed by atoms with van der Waals surface area (Å²) in [6, 6.07) is 0. The zero-order valence-electron chi connectivity index (χ0n) is 7.69. The lowest BCUT2D eigenvalue weighted by Crippen LogP contribution is -2.22. The fraction of sp³-hybridized carbons (Fsp3) is 0.500. The molecule has 0 saturated heterocycles. The van der Waals surface area contributed by atoms with Gasteiger partial charge >= 0.3 is 13.5 Å². The molecule has 1 aromatic heterocycles. The molecule has 1 aromatic rings. The molecule has 1 rings (SSSR count). The van der Waals surface area contributed by atoms with E-state index in [1.807, 2.05) is 0 Å². The van der Waals surface area contributed by atoms with Gasteiger partial charge in [0.15, 0.2) is 5.75 Å². The summed E-state index contributed by atoms with van der Waals surface area (Å²) in [5.74, 6) is -0.709. The Morgan fingerprint density at radius 1 is 1.53 bits per heavy atom. The van der Waals surface area contributed by atoms with Crippen LogP contribution < -0.4 is 4.65 Å². The van der Waals surface area contributed by atoms with Gasteiger partial charge in [-0.15, -0.1) is 0 Å². The van der Waals surface area contributed by atoms with Gasteiger partial charge in [-0.25, -0.2) is 0 Å². The maximum absolute atomic E-state index is 12.3. The molecule has 0 radical (unpaired) electrons. The molecule has 0 aliphatic carbocycles. The van der Waals surface area contributed by atoms with Gasteiger partial charge in [-0.2, -0.15) is 18.3 Å². The molecule has 0 amide bonds. The normalized spacial score (nSPS) is 11.6. The summed E-state index contributed by atoms with van der Waals surface area (Å²) >= 11 is 0. The smallest absolute Gasteiger partial charge is 0.509 e. The maximum Gasteiger partial charge on any atom is 0.707 e. The highest BCUT2D eigenvalue weighted by Gasteiger charge is 2.39. The van der Waals surface area contributed by atoms with E-state index in [4.69, 9.17) is 10.0 Å². The molecule has 9 heteroatoms. The molecular weight excluding hydrogens is 216 g/mol. The Kier molecular flexibility index (Phi) is 3.25. The van der Waals surface area contributed by atoms with Gasteiger partial charge in [0.25, 0.3) is 0 Å². The van der Waals surface area contributed by atoms with Crippen LogP contribution in [-0.2, 0) is 12.7 Å². The van der Waals surface area contributed by atoms with Crippen molar-refractivity contribution in [2.75, 3.05) is 0 Å². The Bertz CT molecular complexity index is 339. The van der Waals surface area contributed by atoms with Crippen LogP contribution in [0, 0.1) is 0 Å². The molecule has 0 aliphatic rings. The molecule has 0 spiro atoms. The summed E-state index contributed by atoms with van der Waals surface area (Å²) < 4.78 is 42.1. The van der Waals surface area contributed by atoms with E-state index < -0.39 is 24.9 Å². The molecule has 0 bridgehead atoms. The van der Waals surface area contributed by atoms with E-state index in [1.54, 1.807) is 6.92 Å². The van der Waals surface area contributed by atoms with Gasteiger partial charge in [-0.05, 0) is 6.92 Å². The number of alkyl halides is 3. The molecule has 0 fully saturated rings. The first kappa shape index (κ1) is 11.9. The second-order valence-corrected chi connectivity index (χ2v) is 2.64. The Hall–Kier alpha value is -1.22. The SMILES string of the molecule is CCn1cc(OB(O)O)c(C(F)(F)F)n1. The van der Waals surface area contributed by atoms with Crippen LogP contribution in [0.4, 0.5) is 13.2 Å². The standard InChI is InChI=1S/C6H8BF3N2O3/c1-2-12-3-4(15-7(13)14)5(11-12)6(8,9)10/h3,13-14H,2H2,1H3. The second kappa shape index (κ2) is 4.11. The maximum atomic E-state index is 12.3. The van der Waals surface area contributed by atoms with E-state index in [2.05, 4.69) is 9.75 Å². The Labute approximate surface area is 83.3 Å².